The third-order valence-corrected chi connectivity index (χ3v) is 5.71. The van der Waals surface area contributed by atoms with Gasteiger partial charge in [0, 0.05) is 11.5 Å². The maximum Gasteiger partial charge on any atom is 0.328 e. The fourth-order valence-electron chi connectivity index (χ4n) is 4.14. The fraction of sp³-hybridized carbons (Fsp3) is 0.111. The van der Waals surface area contributed by atoms with Crippen molar-refractivity contribution < 1.29 is 9.90 Å². The first-order valence-electron chi connectivity index (χ1n) is 10.4. The number of carbonyl (C=O) groups is 1. The summed E-state index contributed by atoms with van der Waals surface area (Å²) in [5.41, 5.74) is 7.98. The summed E-state index contributed by atoms with van der Waals surface area (Å²) in [7, 11) is 0. The Kier molecular flexibility index (Phi) is 4.97. The van der Waals surface area contributed by atoms with E-state index in [1.54, 1.807) is 6.08 Å². The molecule has 1 saturated carbocycles. The van der Waals surface area contributed by atoms with E-state index < -0.39 is 5.97 Å². The summed E-state index contributed by atoms with van der Waals surface area (Å²) in [4.78, 5) is 10.9. The molecule has 0 saturated heterocycles. The van der Waals surface area contributed by atoms with Gasteiger partial charge < -0.3 is 5.11 Å². The Morgan fingerprint density at radius 2 is 1.71 bits per heavy atom. The molecule has 4 heteroatoms. The first kappa shape index (κ1) is 19.1. The Morgan fingerprint density at radius 3 is 2.42 bits per heavy atom. The molecule has 0 atom stereocenters. The average Bonchev–Trinajstić information content (AvgIpc) is 3.51. The molecule has 0 bridgehead atoms. The molecule has 0 unspecified atom stereocenters. The average molecular weight is 406 g/mol. The van der Waals surface area contributed by atoms with E-state index in [0.717, 1.165) is 33.7 Å². The largest absolute Gasteiger partial charge is 0.478 e. The normalized spacial score (nSPS) is 14.7. The number of nitrogens with one attached hydrogen (secondary N) is 1. The Labute approximate surface area is 180 Å². The van der Waals surface area contributed by atoms with E-state index in [1.165, 1.54) is 29.6 Å². The molecular formula is C27H22N2O2. The van der Waals surface area contributed by atoms with Gasteiger partial charge >= 0.3 is 5.97 Å². The van der Waals surface area contributed by atoms with Crippen LogP contribution in [0.3, 0.4) is 0 Å². The van der Waals surface area contributed by atoms with Gasteiger partial charge in [0.25, 0.3) is 0 Å². The third-order valence-electron chi connectivity index (χ3n) is 5.71. The first-order chi connectivity index (χ1) is 15.2. The van der Waals surface area contributed by atoms with Gasteiger partial charge in [0.05, 0.1) is 11.7 Å². The summed E-state index contributed by atoms with van der Waals surface area (Å²) in [5, 5.41) is 17.4. The van der Waals surface area contributed by atoms with Gasteiger partial charge in [-0.3, -0.25) is 5.10 Å². The Hall–Kier alpha value is -3.92. The standard InChI is InChI=1S/C27H22N2O2/c30-25(31)16-11-18-9-12-21(13-10-18)27(22-7-4-8-24-23(22)17-28-29-24)26(20-14-15-20)19-5-2-1-3-6-19/h1-13,16-17,20H,14-15H2,(H,28,29)(H,30,31). The highest BCUT2D eigenvalue weighted by molar-refractivity contribution is 6.06. The molecule has 152 valence electrons. The number of H-pyrrole nitrogens is 1. The summed E-state index contributed by atoms with van der Waals surface area (Å²) in [5.74, 6) is -0.414. The van der Waals surface area contributed by atoms with Gasteiger partial charge in [-0.25, -0.2) is 4.79 Å². The number of fused-ring (bicyclic) bond motifs is 1. The van der Waals surface area contributed by atoms with Crippen molar-refractivity contribution in [2.75, 3.05) is 0 Å². The number of nitrogens with zero attached hydrogens (tertiary/aromatic N) is 1. The third kappa shape index (κ3) is 3.92. The summed E-state index contributed by atoms with van der Waals surface area (Å²) in [6.07, 6.45) is 7.05. The van der Waals surface area contributed by atoms with Crippen molar-refractivity contribution in [2.24, 2.45) is 5.92 Å². The number of hydrogen-bond donors (Lipinski definition) is 2. The molecule has 1 aromatic heterocycles. The minimum Gasteiger partial charge on any atom is -0.478 e. The quantitative estimate of drug-likeness (QED) is 0.303. The number of carboxylic acids is 1. The molecule has 0 amide bonds. The van der Waals surface area contributed by atoms with Crippen LogP contribution in [0.1, 0.15) is 35.1 Å². The van der Waals surface area contributed by atoms with Crippen molar-refractivity contribution in [1.82, 2.24) is 10.2 Å². The molecule has 3 aromatic carbocycles. The second-order valence-electron chi connectivity index (χ2n) is 7.86. The summed E-state index contributed by atoms with van der Waals surface area (Å²) >= 11 is 0. The molecule has 1 aliphatic rings. The minimum absolute atomic E-state index is 0.533. The van der Waals surface area contributed by atoms with Gasteiger partial charge in [-0.05, 0) is 64.3 Å². The summed E-state index contributed by atoms with van der Waals surface area (Å²) in [6.45, 7) is 0. The van der Waals surface area contributed by atoms with Crippen LogP contribution in [0.5, 0.6) is 0 Å². The number of rotatable bonds is 6. The maximum absolute atomic E-state index is 10.9. The van der Waals surface area contributed by atoms with Crippen molar-refractivity contribution >= 4 is 34.1 Å². The van der Waals surface area contributed by atoms with E-state index in [4.69, 9.17) is 5.11 Å². The van der Waals surface area contributed by atoms with Crippen LogP contribution in [0.2, 0.25) is 0 Å². The molecule has 0 radical (unpaired) electrons. The van der Waals surface area contributed by atoms with E-state index >= 15 is 0 Å². The highest BCUT2D eigenvalue weighted by Crippen LogP contribution is 2.48. The molecule has 0 aliphatic heterocycles. The Morgan fingerprint density at radius 1 is 0.935 bits per heavy atom. The highest BCUT2D eigenvalue weighted by atomic mass is 16.4. The zero-order valence-corrected chi connectivity index (χ0v) is 17.0. The van der Waals surface area contributed by atoms with Crippen LogP contribution in [0.25, 0.3) is 28.1 Å². The molecule has 5 rings (SSSR count). The number of aromatic amines is 1. The van der Waals surface area contributed by atoms with Crippen LogP contribution < -0.4 is 0 Å². The van der Waals surface area contributed by atoms with E-state index in [0.29, 0.717) is 5.92 Å². The number of allylic oxidation sites excluding steroid dienone is 1. The second kappa shape index (κ2) is 8.07. The lowest BCUT2D eigenvalue weighted by molar-refractivity contribution is -0.131. The van der Waals surface area contributed by atoms with Crippen LogP contribution in [0.15, 0.2) is 85.1 Å². The van der Waals surface area contributed by atoms with Crippen LogP contribution >= 0.6 is 0 Å². The predicted octanol–water partition coefficient (Wildman–Crippen LogP) is 6.03. The molecule has 1 aliphatic carbocycles. The molecule has 2 N–H and O–H groups in total. The molecule has 4 nitrogen and oxygen atoms in total. The van der Waals surface area contributed by atoms with Gasteiger partial charge in [-0.15, -0.1) is 0 Å². The number of hydrogen-bond acceptors (Lipinski definition) is 2. The van der Waals surface area contributed by atoms with Crippen molar-refractivity contribution in [3.05, 3.63) is 107 Å². The van der Waals surface area contributed by atoms with Crippen molar-refractivity contribution in [3.8, 4) is 0 Å². The maximum atomic E-state index is 10.9. The lowest BCUT2D eigenvalue weighted by atomic mass is 9.85. The van der Waals surface area contributed by atoms with Crippen molar-refractivity contribution in [1.29, 1.82) is 0 Å². The van der Waals surface area contributed by atoms with Crippen LogP contribution in [0.4, 0.5) is 0 Å². The highest BCUT2D eigenvalue weighted by Gasteiger charge is 2.31. The van der Waals surface area contributed by atoms with Gasteiger partial charge in [0.2, 0.25) is 0 Å². The fourth-order valence-corrected chi connectivity index (χ4v) is 4.14. The smallest absolute Gasteiger partial charge is 0.328 e. The van der Waals surface area contributed by atoms with Gasteiger partial charge in [-0.2, -0.15) is 5.10 Å². The molecule has 31 heavy (non-hydrogen) atoms. The van der Waals surface area contributed by atoms with Crippen molar-refractivity contribution in [2.45, 2.75) is 12.8 Å². The number of carboxylic acid groups (broad SMARTS) is 1. The predicted molar refractivity (Wildman–Crippen MR) is 124 cm³/mol. The minimum atomic E-state index is -0.948. The van der Waals surface area contributed by atoms with E-state index in [-0.39, 0.29) is 0 Å². The number of aromatic nitrogens is 2. The Bertz CT molecular complexity index is 1290. The first-order valence-corrected chi connectivity index (χ1v) is 10.4. The van der Waals surface area contributed by atoms with Crippen LogP contribution in [-0.2, 0) is 4.79 Å². The van der Waals surface area contributed by atoms with Gasteiger partial charge in [-0.1, -0.05) is 66.7 Å². The second-order valence-corrected chi connectivity index (χ2v) is 7.86. The van der Waals surface area contributed by atoms with E-state index in [1.807, 2.05) is 30.5 Å². The molecule has 1 heterocycles. The monoisotopic (exact) mass is 406 g/mol. The summed E-state index contributed by atoms with van der Waals surface area (Å²) in [6, 6.07) is 25.0. The zero-order chi connectivity index (χ0) is 21.2. The summed E-state index contributed by atoms with van der Waals surface area (Å²) < 4.78 is 0. The van der Waals surface area contributed by atoms with Crippen molar-refractivity contribution in [3.63, 3.8) is 0 Å². The molecule has 1 fully saturated rings. The molecule has 0 spiro atoms. The lowest BCUT2D eigenvalue weighted by Crippen LogP contribution is -1.98. The van der Waals surface area contributed by atoms with E-state index in [2.05, 4.69) is 58.7 Å². The van der Waals surface area contributed by atoms with Crippen LogP contribution in [0, 0.1) is 5.92 Å². The Balaban J connectivity index is 1.74. The molecule has 4 aromatic rings. The number of benzene rings is 3. The molecular weight excluding hydrogens is 384 g/mol. The lowest BCUT2D eigenvalue weighted by Gasteiger charge is -2.18. The SMILES string of the molecule is O=C(O)C=Cc1ccc(C(=C(c2ccccc2)C2CC2)c2cccc3[nH]ncc23)cc1. The number of aliphatic carboxylic acids is 1. The van der Waals surface area contributed by atoms with Gasteiger partial charge in [0.1, 0.15) is 0 Å². The zero-order valence-electron chi connectivity index (χ0n) is 17.0. The van der Waals surface area contributed by atoms with Crippen LogP contribution in [-0.4, -0.2) is 21.3 Å². The van der Waals surface area contributed by atoms with E-state index in [9.17, 15) is 4.79 Å². The van der Waals surface area contributed by atoms with Gasteiger partial charge in [0.15, 0.2) is 0 Å². The topological polar surface area (TPSA) is 66.0 Å².